The van der Waals surface area contributed by atoms with Crippen LogP contribution in [0, 0.1) is 5.92 Å². The van der Waals surface area contributed by atoms with Gasteiger partial charge in [-0.05, 0) is 58.5 Å². The van der Waals surface area contributed by atoms with Crippen LogP contribution in [0.25, 0.3) is 11.1 Å². The van der Waals surface area contributed by atoms with Crippen molar-refractivity contribution in [3.05, 3.63) is 119 Å². The number of benzene rings is 4. The van der Waals surface area contributed by atoms with Crippen molar-refractivity contribution in [1.29, 1.82) is 0 Å². The summed E-state index contributed by atoms with van der Waals surface area (Å²) in [6.07, 6.45) is -0.682. The zero-order valence-electron chi connectivity index (χ0n) is 22.9. The first-order valence-electron chi connectivity index (χ1n) is 14.0. The predicted octanol–water partition coefficient (Wildman–Crippen LogP) is 6.00. The van der Waals surface area contributed by atoms with E-state index in [4.69, 9.17) is 18.9 Å². The zero-order chi connectivity index (χ0) is 28.8. The molecule has 4 aromatic carbocycles. The number of carbonyl (C=O) groups excluding carboxylic acids is 1. The minimum absolute atomic E-state index is 0.0312. The number of nitrogens with one attached hydrogen (secondary N) is 1. The molecule has 7 rings (SSSR count). The molecule has 3 aliphatic rings. The maximum atomic E-state index is 12.9. The number of para-hydroxylation sites is 2. The normalized spacial score (nSPS) is 18.5. The Kier molecular flexibility index (Phi) is 6.45. The van der Waals surface area contributed by atoms with Crippen molar-refractivity contribution in [1.82, 2.24) is 5.32 Å². The molecule has 2 heterocycles. The lowest BCUT2D eigenvalue weighted by Gasteiger charge is -2.36. The van der Waals surface area contributed by atoms with Crippen LogP contribution in [0.1, 0.15) is 34.7 Å². The Morgan fingerprint density at radius 3 is 2.33 bits per heavy atom. The van der Waals surface area contributed by atoms with Crippen molar-refractivity contribution in [3.8, 4) is 22.6 Å². The first kappa shape index (κ1) is 26.3. The van der Waals surface area contributed by atoms with Gasteiger partial charge in [0.1, 0.15) is 24.1 Å². The average molecular weight is 564 g/mol. The Bertz CT molecular complexity index is 1650. The fraction of sp³-hybridized carbons (Fsp3) is 0.235. The molecule has 0 radical (unpaired) electrons. The molecular weight excluding hydrogens is 534 g/mol. The Balaban J connectivity index is 1.06. The minimum Gasteiger partial charge on any atom is -0.480 e. The predicted molar refractivity (Wildman–Crippen MR) is 153 cm³/mol. The molecule has 0 aromatic heterocycles. The van der Waals surface area contributed by atoms with E-state index in [2.05, 4.69) is 23.5 Å². The highest BCUT2D eigenvalue weighted by Gasteiger charge is 2.52. The van der Waals surface area contributed by atoms with Gasteiger partial charge in [-0.2, -0.15) is 0 Å². The van der Waals surface area contributed by atoms with E-state index in [0.717, 1.165) is 23.1 Å². The minimum atomic E-state index is -1.27. The standard InChI is InChI=1S/C34H29NO7/c1-20(30-19-40-34(42-30)26-13-4-6-15-28(26)41-29-16-7-5-14-27(29)34)31(32(36)37)35-33(38)39-18-22-10-8-12-24-23-11-3-2-9-21(23)17-25(22)24/h2-16,20,30-31H,17-19H2,1H3,(H,35,38)(H,36,37)/t20-,30-,31-/m0/s1. The van der Waals surface area contributed by atoms with Gasteiger partial charge < -0.3 is 29.4 Å². The molecule has 1 fully saturated rings. The van der Waals surface area contributed by atoms with Crippen LogP contribution in [0.4, 0.5) is 4.79 Å². The summed E-state index contributed by atoms with van der Waals surface area (Å²) in [6, 6.07) is 27.8. The summed E-state index contributed by atoms with van der Waals surface area (Å²) < 4.78 is 24.5. The molecule has 1 spiro atoms. The highest BCUT2D eigenvalue weighted by molar-refractivity contribution is 5.81. The van der Waals surface area contributed by atoms with Crippen LogP contribution in [-0.4, -0.2) is 35.9 Å². The number of alkyl carbamates (subject to hydrolysis) is 1. The Labute approximate surface area is 242 Å². The quantitative estimate of drug-likeness (QED) is 0.261. The summed E-state index contributed by atoms with van der Waals surface area (Å²) in [5.41, 5.74) is 6.97. The molecule has 42 heavy (non-hydrogen) atoms. The van der Waals surface area contributed by atoms with E-state index >= 15 is 0 Å². The lowest BCUT2D eigenvalue weighted by atomic mass is 9.92. The van der Waals surface area contributed by atoms with Gasteiger partial charge in [-0.3, -0.25) is 0 Å². The van der Waals surface area contributed by atoms with Crippen LogP contribution in [0.2, 0.25) is 0 Å². The van der Waals surface area contributed by atoms with E-state index in [1.807, 2.05) is 72.8 Å². The molecule has 3 atom stereocenters. The Morgan fingerprint density at radius 2 is 1.60 bits per heavy atom. The summed E-state index contributed by atoms with van der Waals surface area (Å²) in [4.78, 5) is 25.3. The molecule has 1 aliphatic carbocycles. The van der Waals surface area contributed by atoms with Gasteiger partial charge >= 0.3 is 12.1 Å². The number of carbonyl (C=O) groups is 2. The van der Waals surface area contributed by atoms with Gasteiger partial charge in [0, 0.05) is 5.92 Å². The molecule has 212 valence electrons. The number of hydrogen-bond donors (Lipinski definition) is 2. The number of amides is 1. The van der Waals surface area contributed by atoms with E-state index in [9.17, 15) is 14.7 Å². The maximum absolute atomic E-state index is 12.9. The van der Waals surface area contributed by atoms with Crippen LogP contribution >= 0.6 is 0 Å². The van der Waals surface area contributed by atoms with Gasteiger partial charge in [0.05, 0.1) is 23.8 Å². The third-order valence-electron chi connectivity index (χ3n) is 8.43. The SMILES string of the molecule is C[C@@H]([C@@H]1COC2(O1)c1ccccc1Oc1ccccc12)[C@H](NC(=O)OCc1cccc2c1Cc1ccccc1-2)C(=O)O. The number of rotatable bonds is 6. The number of aliphatic carboxylic acids is 1. The second-order valence-electron chi connectivity index (χ2n) is 10.9. The average Bonchev–Trinajstić information content (AvgIpc) is 3.62. The van der Waals surface area contributed by atoms with Crippen molar-refractivity contribution in [2.24, 2.45) is 5.92 Å². The van der Waals surface area contributed by atoms with Crippen LogP contribution < -0.4 is 10.1 Å². The van der Waals surface area contributed by atoms with E-state index in [1.165, 1.54) is 11.1 Å². The van der Waals surface area contributed by atoms with E-state index in [-0.39, 0.29) is 13.2 Å². The molecule has 0 saturated carbocycles. The Morgan fingerprint density at radius 1 is 0.929 bits per heavy atom. The number of carboxylic acid groups (broad SMARTS) is 1. The molecule has 1 saturated heterocycles. The van der Waals surface area contributed by atoms with Gasteiger partial charge in [0.2, 0.25) is 5.79 Å². The van der Waals surface area contributed by atoms with Crippen LogP contribution in [-0.2, 0) is 37.8 Å². The largest absolute Gasteiger partial charge is 0.480 e. The molecule has 4 aromatic rings. The fourth-order valence-corrected chi connectivity index (χ4v) is 6.24. The summed E-state index contributed by atoms with van der Waals surface area (Å²) in [7, 11) is 0. The molecule has 2 aliphatic heterocycles. The van der Waals surface area contributed by atoms with Gasteiger partial charge in [0.15, 0.2) is 0 Å². The Hall–Kier alpha value is -4.66. The van der Waals surface area contributed by atoms with E-state index in [0.29, 0.717) is 22.6 Å². The van der Waals surface area contributed by atoms with Crippen LogP contribution in [0.3, 0.4) is 0 Å². The molecule has 2 N–H and O–H groups in total. The summed E-state index contributed by atoms with van der Waals surface area (Å²) in [5.74, 6) is -1.87. The molecule has 1 amide bonds. The van der Waals surface area contributed by atoms with Crippen molar-refractivity contribution in [2.75, 3.05) is 6.61 Å². The summed E-state index contributed by atoms with van der Waals surface area (Å²) >= 11 is 0. The van der Waals surface area contributed by atoms with E-state index in [1.54, 1.807) is 6.92 Å². The molecule has 8 nitrogen and oxygen atoms in total. The van der Waals surface area contributed by atoms with Crippen molar-refractivity contribution in [3.63, 3.8) is 0 Å². The van der Waals surface area contributed by atoms with Crippen LogP contribution in [0.15, 0.2) is 91.0 Å². The van der Waals surface area contributed by atoms with Gasteiger partial charge in [-0.25, -0.2) is 9.59 Å². The zero-order valence-corrected chi connectivity index (χ0v) is 22.9. The number of fused-ring (bicyclic) bond motifs is 7. The first-order valence-corrected chi connectivity index (χ1v) is 14.0. The number of hydrogen-bond acceptors (Lipinski definition) is 6. The maximum Gasteiger partial charge on any atom is 0.408 e. The number of ether oxygens (including phenoxy) is 4. The van der Waals surface area contributed by atoms with Gasteiger partial charge in [-0.15, -0.1) is 0 Å². The fourth-order valence-electron chi connectivity index (χ4n) is 6.24. The lowest BCUT2D eigenvalue weighted by Crippen LogP contribution is -2.49. The number of carboxylic acids is 1. The second kappa shape index (κ2) is 10.3. The van der Waals surface area contributed by atoms with Gasteiger partial charge in [-0.1, -0.05) is 73.7 Å². The highest BCUT2D eigenvalue weighted by Crippen LogP contribution is 2.52. The monoisotopic (exact) mass is 563 g/mol. The highest BCUT2D eigenvalue weighted by atomic mass is 16.7. The summed E-state index contributed by atoms with van der Waals surface area (Å²) in [6.45, 7) is 1.88. The lowest BCUT2D eigenvalue weighted by molar-refractivity contribution is -0.158. The third kappa shape index (κ3) is 4.31. The smallest absolute Gasteiger partial charge is 0.408 e. The first-order chi connectivity index (χ1) is 20.4. The third-order valence-corrected chi connectivity index (χ3v) is 8.43. The summed E-state index contributed by atoms with van der Waals surface area (Å²) in [5, 5.41) is 12.7. The molecule has 0 unspecified atom stereocenters. The topological polar surface area (TPSA) is 103 Å². The van der Waals surface area contributed by atoms with Gasteiger partial charge in [0.25, 0.3) is 0 Å². The van der Waals surface area contributed by atoms with E-state index < -0.39 is 35.9 Å². The van der Waals surface area contributed by atoms with Crippen molar-refractivity contribution in [2.45, 2.75) is 37.9 Å². The molecule has 0 bridgehead atoms. The molecule has 8 heteroatoms. The van der Waals surface area contributed by atoms with Crippen LogP contribution in [0.5, 0.6) is 11.5 Å². The molecular formula is C34H29NO7. The van der Waals surface area contributed by atoms with Crippen molar-refractivity contribution >= 4 is 12.1 Å². The van der Waals surface area contributed by atoms with Crippen molar-refractivity contribution < 1.29 is 33.6 Å². The second-order valence-corrected chi connectivity index (χ2v) is 10.9.